The van der Waals surface area contributed by atoms with Gasteiger partial charge in [0.15, 0.2) is 18.9 Å². The summed E-state index contributed by atoms with van der Waals surface area (Å²) in [6.45, 7) is 8.07. The predicted octanol–water partition coefficient (Wildman–Crippen LogP) is -0.271. The first kappa shape index (κ1) is 46.2. The molecule has 4 heterocycles. The van der Waals surface area contributed by atoms with Gasteiger partial charge >= 0.3 is 0 Å². The van der Waals surface area contributed by atoms with E-state index in [0.29, 0.717) is 30.1 Å². The Labute approximate surface area is 357 Å². The molecule has 0 radical (unpaired) electrons. The van der Waals surface area contributed by atoms with E-state index in [0.717, 1.165) is 57.1 Å². The largest absolute Gasteiger partial charge is 0.494 e. The molecule has 0 unspecified atom stereocenters. The molecule has 3 saturated heterocycles. The van der Waals surface area contributed by atoms with E-state index in [1.807, 2.05) is 0 Å². The van der Waals surface area contributed by atoms with Crippen LogP contribution in [0.2, 0.25) is 0 Å². The molecule has 0 spiro atoms. The molecular weight excluding hydrogens is 800 g/mol. The maximum atomic E-state index is 11.1. The molecule has 4 aliphatic heterocycles. The van der Waals surface area contributed by atoms with E-state index in [1.54, 1.807) is 0 Å². The second kappa shape index (κ2) is 18.1. The minimum absolute atomic E-state index is 0.00359. The van der Waals surface area contributed by atoms with Gasteiger partial charge in [0.25, 0.3) is 0 Å². The SMILES string of the molecule is CC1=C(CC[C@@H](C)CO[C@@H]2O[C@H](CO)[C@@H](O)[C@H](O)[C@H]2O)O[C@H]2C[C@H]3[C@@H]4CC=C5C[C@@H](O[C@@H]6O[C@H](CO)[C@@H](O[C@@H]7OC[C@H](O)[C@H](O)[C@H]7O)[C@H](O)[C@H]6O)CC[C@]5(C)[C@H]4CC[C@]3(C)[C@@H]12. The van der Waals surface area contributed by atoms with Gasteiger partial charge in [0.2, 0.25) is 0 Å². The molecule has 8 rings (SSSR count). The number of hydrogen-bond donors (Lipinski definition) is 10. The van der Waals surface area contributed by atoms with Crippen LogP contribution in [0.25, 0.3) is 0 Å². The maximum absolute atomic E-state index is 11.1. The van der Waals surface area contributed by atoms with Crippen LogP contribution in [0.3, 0.4) is 0 Å². The van der Waals surface area contributed by atoms with Crippen LogP contribution in [0, 0.1) is 40.4 Å². The van der Waals surface area contributed by atoms with E-state index in [-0.39, 0.29) is 42.2 Å². The molecule has 23 atom stereocenters. The summed E-state index contributed by atoms with van der Waals surface area (Å²) in [5.41, 5.74) is 2.84. The van der Waals surface area contributed by atoms with Crippen LogP contribution < -0.4 is 0 Å². The lowest BCUT2D eigenvalue weighted by atomic mass is 9.47. The highest BCUT2D eigenvalue weighted by molar-refractivity contribution is 5.30. The van der Waals surface area contributed by atoms with E-state index in [9.17, 15) is 51.1 Å². The molecule has 8 aliphatic rings. The third-order valence-corrected chi connectivity index (χ3v) is 16.4. The fraction of sp³-hybridized carbons (Fsp3) is 0.909. The molecule has 0 bridgehead atoms. The highest BCUT2D eigenvalue weighted by Crippen LogP contribution is 2.69. The van der Waals surface area contributed by atoms with Gasteiger partial charge in [-0.3, -0.25) is 0 Å². The molecule has 6 fully saturated rings. The van der Waals surface area contributed by atoms with Crippen molar-refractivity contribution >= 4 is 0 Å². The van der Waals surface area contributed by atoms with Crippen molar-refractivity contribution in [3.63, 3.8) is 0 Å². The summed E-state index contributed by atoms with van der Waals surface area (Å²) in [6, 6.07) is 0. The van der Waals surface area contributed by atoms with Gasteiger partial charge in [0.1, 0.15) is 73.2 Å². The predicted molar refractivity (Wildman–Crippen MR) is 212 cm³/mol. The Kier molecular flexibility index (Phi) is 13.7. The first-order valence-electron chi connectivity index (χ1n) is 22.6. The zero-order valence-corrected chi connectivity index (χ0v) is 35.7. The average Bonchev–Trinajstić information content (AvgIpc) is 3.73. The van der Waals surface area contributed by atoms with Gasteiger partial charge in [0, 0.05) is 12.3 Å². The third-order valence-electron chi connectivity index (χ3n) is 16.4. The van der Waals surface area contributed by atoms with Gasteiger partial charge in [0.05, 0.1) is 38.3 Å². The molecule has 348 valence electrons. The van der Waals surface area contributed by atoms with Crippen molar-refractivity contribution in [2.45, 2.75) is 184 Å². The molecule has 61 heavy (non-hydrogen) atoms. The topological polar surface area (TPSA) is 267 Å². The summed E-state index contributed by atoms with van der Waals surface area (Å²) in [7, 11) is 0. The molecule has 4 aliphatic carbocycles. The molecule has 0 aromatic carbocycles. The van der Waals surface area contributed by atoms with Crippen LogP contribution in [0.4, 0.5) is 0 Å². The number of hydrogen-bond acceptors (Lipinski definition) is 17. The van der Waals surface area contributed by atoms with Gasteiger partial charge in [-0.15, -0.1) is 0 Å². The Bertz CT molecular complexity index is 1590. The van der Waals surface area contributed by atoms with Crippen molar-refractivity contribution in [3.8, 4) is 0 Å². The Morgan fingerprint density at radius 2 is 1.49 bits per heavy atom. The van der Waals surface area contributed by atoms with Crippen LogP contribution >= 0.6 is 0 Å². The van der Waals surface area contributed by atoms with E-state index in [1.165, 1.54) is 11.1 Å². The lowest BCUT2D eigenvalue weighted by molar-refractivity contribution is -0.353. The molecule has 0 aromatic heterocycles. The molecule has 3 saturated carbocycles. The van der Waals surface area contributed by atoms with Crippen LogP contribution in [0.5, 0.6) is 0 Å². The number of aliphatic hydroxyl groups is 10. The van der Waals surface area contributed by atoms with Crippen LogP contribution in [0.15, 0.2) is 23.0 Å². The van der Waals surface area contributed by atoms with E-state index < -0.39 is 99.2 Å². The summed E-state index contributed by atoms with van der Waals surface area (Å²) in [4.78, 5) is 0. The van der Waals surface area contributed by atoms with Crippen LogP contribution in [-0.4, -0.2) is 176 Å². The highest BCUT2D eigenvalue weighted by Gasteiger charge is 2.64. The standard InChI is InChI=1S/C44H70O17/c1-19(17-55-40-37(53)34(50)33(49)29(15-45)59-40)5-8-27-20(2)31-28(58-27)14-25-23-7-6-21-13-22(9-11-43(21,3)24(23)10-12-44(25,31)4)57-42-38(54)35(51)39(30(16-46)60-42)61-41-36(52)32(48)26(47)18-56-41/h6,19,22-26,28-42,45-54H,5,7-18H2,1-4H3/t19-,22+,23-,24+,25+,26+,28+,29-,30-,31+,32+,33-,34+,35-,36-,37-,38-,39-,40-,41+,42-,43+,44+/m1/s1. The summed E-state index contributed by atoms with van der Waals surface area (Å²) in [5.74, 6) is 3.11. The quantitative estimate of drug-likeness (QED) is 0.113. The van der Waals surface area contributed by atoms with Gasteiger partial charge in [-0.25, -0.2) is 0 Å². The minimum atomic E-state index is -1.62. The van der Waals surface area contributed by atoms with Gasteiger partial charge < -0.3 is 84.2 Å². The Hall–Kier alpha value is -1.36. The van der Waals surface area contributed by atoms with Gasteiger partial charge in [-0.2, -0.15) is 0 Å². The van der Waals surface area contributed by atoms with E-state index >= 15 is 0 Å². The van der Waals surface area contributed by atoms with Crippen molar-refractivity contribution in [1.82, 2.24) is 0 Å². The zero-order valence-electron chi connectivity index (χ0n) is 35.7. The van der Waals surface area contributed by atoms with Gasteiger partial charge in [-0.1, -0.05) is 32.4 Å². The van der Waals surface area contributed by atoms with Crippen molar-refractivity contribution in [3.05, 3.63) is 23.0 Å². The van der Waals surface area contributed by atoms with E-state index in [2.05, 4.69) is 33.8 Å². The maximum Gasteiger partial charge on any atom is 0.186 e. The van der Waals surface area contributed by atoms with Crippen LogP contribution in [0.1, 0.15) is 85.5 Å². The smallest absolute Gasteiger partial charge is 0.186 e. The first-order valence-corrected chi connectivity index (χ1v) is 22.6. The summed E-state index contributed by atoms with van der Waals surface area (Å²) in [5, 5.41) is 103. The van der Waals surface area contributed by atoms with Crippen molar-refractivity contribution in [2.75, 3.05) is 26.4 Å². The lowest BCUT2D eigenvalue weighted by Crippen LogP contribution is -2.63. The Morgan fingerprint density at radius 1 is 0.787 bits per heavy atom. The van der Waals surface area contributed by atoms with Crippen molar-refractivity contribution in [2.24, 2.45) is 40.4 Å². The summed E-state index contributed by atoms with van der Waals surface area (Å²) < 4.78 is 41.5. The summed E-state index contributed by atoms with van der Waals surface area (Å²) in [6.07, 6.45) is -8.66. The monoisotopic (exact) mass is 870 g/mol. The highest BCUT2D eigenvalue weighted by atomic mass is 16.7. The number of rotatable bonds is 12. The number of aliphatic hydroxyl groups excluding tert-OH is 10. The number of allylic oxidation sites excluding steroid dienone is 2. The lowest BCUT2D eigenvalue weighted by Gasteiger charge is -2.58. The second-order valence-corrected chi connectivity index (χ2v) is 20.0. The first-order chi connectivity index (χ1) is 29.0. The molecule has 17 nitrogen and oxygen atoms in total. The minimum Gasteiger partial charge on any atom is -0.494 e. The average molecular weight is 871 g/mol. The molecule has 0 amide bonds. The Morgan fingerprint density at radius 3 is 2.23 bits per heavy atom. The molecule has 17 heteroatoms. The second-order valence-electron chi connectivity index (χ2n) is 20.0. The summed E-state index contributed by atoms with van der Waals surface area (Å²) >= 11 is 0. The van der Waals surface area contributed by atoms with Gasteiger partial charge in [-0.05, 0) is 98.4 Å². The normalized spacial score (nSPS) is 51.5. The number of ether oxygens (including phenoxy) is 7. The molecule has 10 N–H and O–H groups in total. The van der Waals surface area contributed by atoms with Crippen LogP contribution in [-0.2, 0) is 33.2 Å². The van der Waals surface area contributed by atoms with Crippen molar-refractivity contribution < 1.29 is 84.2 Å². The Balaban J connectivity index is 0.853. The number of fused-ring (bicyclic) bond motifs is 7. The molecule has 0 aromatic rings. The fourth-order valence-corrected chi connectivity index (χ4v) is 12.8. The van der Waals surface area contributed by atoms with E-state index in [4.69, 9.17) is 33.2 Å². The molecular formula is C44H70O17. The zero-order chi connectivity index (χ0) is 43.7. The fourth-order valence-electron chi connectivity index (χ4n) is 12.8. The van der Waals surface area contributed by atoms with Crippen molar-refractivity contribution in [1.29, 1.82) is 0 Å². The third kappa shape index (κ3) is 8.29.